The Kier molecular flexibility index (Phi) is 5.19. The van der Waals surface area contributed by atoms with E-state index in [4.69, 9.17) is 5.73 Å². The van der Waals surface area contributed by atoms with Crippen LogP contribution in [-0.2, 0) is 16.3 Å². The molecule has 0 amide bonds. The molecular weight excluding hydrogens is 350 g/mol. The molecule has 112 valence electrons. The zero-order chi connectivity index (χ0) is 15.5. The molecule has 2 rings (SSSR count). The second kappa shape index (κ2) is 6.73. The lowest BCUT2D eigenvalue weighted by molar-refractivity contribution is 0.589. The molecule has 2 N–H and O–H groups in total. The first-order valence-electron chi connectivity index (χ1n) is 6.75. The van der Waals surface area contributed by atoms with Crippen LogP contribution < -0.4 is 5.73 Å². The Morgan fingerprint density at radius 2 is 1.62 bits per heavy atom. The molecule has 1 atom stereocenters. The lowest BCUT2D eigenvalue weighted by atomic mass is 10.1. The molecule has 0 radical (unpaired) electrons. The summed E-state index contributed by atoms with van der Waals surface area (Å²) in [7, 11) is -3.39. The lowest BCUT2D eigenvalue weighted by Gasteiger charge is -2.13. The van der Waals surface area contributed by atoms with Gasteiger partial charge in [-0.15, -0.1) is 0 Å². The van der Waals surface area contributed by atoms with Gasteiger partial charge in [-0.3, -0.25) is 0 Å². The number of sulfone groups is 1. The average molecular weight is 368 g/mol. The van der Waals surface area contributed by atoms with Crippen LogP contribution in [0.1, 0.15) is 24.1 Å². The van der Waals surface area contributed by atoms with Crippen LogP contribution in [0.2, 0.25) is 0 Å². The van der Waals surface area contributed by atoms with E-state index in [1.54, 1.807) is 24.3 Å². The van der Waals surface area contributed by atoms with Gasteiger partial charge in [-0.2, -0.15) is 0 Å². The van der Waals surface area contributed by atoms with Gasteiger partial charge < -0.3 is 5.73 Å². The van der Waals surface area contributed by atoms with Gasteiger partial charge in [0.15, 0.2) is 9.84 Å². The van der Waals surface area contributed by atoms with Crippen molar-refractivity contribution in [3.8, 4) is 0 Å². The fourth-order valence-electron chi connectivity index (χ4n) is 2.07. The molecule has 0 bridgehead atoms. The van der Waals surface area contributed by atoms with Crippen LogP contribution in [0, 0.1) is 0 Å². The summed E-state index contributed by atoms with van der Waals surface area (Å²) in [6, 6.07) is 13.9. The summed E-state index contributed by atoms with van der Waals surface area (Å²) < 4.78 is 25.6. The first-order valence-corrected chi connectivity index (χ1v) is 9.19. The van der Waals surface area contributed by atoms with E-state index in [-0.39, 0.29) is 5.75 Å². The van der Waals surface area contributed by atoms with Gasteiger partial charge in [0.05, 0.1) is 10.6 Å². The van der Waals surface area contributed by atoms with Gasteiger partial charge in [0.1, 0.15) is 0 Å². The molecule has 0 aromatic heterocycles. The topological polar surface area (TPSA) is 60.2 Å². The highest BCUT2D eigenvalue weighted by Crippen LogP contribution is 2.20. The Labute approximate surface area is 134 Å². The molecule has 0 fully saturated rings. The summed E-state index contributed by atoms with van der Waals surface area (Å²) in [5, 5.41) is 0. The molecule has 5 heteroatoms. The number of hydrogen-bond acceptors (Lipinski definition) is 3. The monoisotopic (exact) mass is 367 g/mol. The van der Waals surface area contributed by atoms with Crippen molar-refractivity contribution in [2.24, 2.45) is 5.73 Å². The van der Waals surface area contributed by atoms with Crippen molar-refractivity contribution in [3.05, 3.63) is 64.1 Å². The standard InChI is InChI=1S/C16H18BrNO2S/c1-2-12-3-5-13(6-4-12)16(18)11-21(19,20)15-9-7-14(17)8-10-15/h3-10,16H,2,11,18H2,1H3. The van der Waals surface area contributed by atoms with Gasteiger partial charge in [-0.25, -0.2) is 8.42 Å². The van der Waals surface area contributed by atoms with Crippen molar-refractivity contribution >= 4 is 25.8 Å². The normalized spacial score (nSPS) is 13.1. The van der Waals surface area contributed by atoms with Gasteiger partial charge in [-0.1, -0.05) is 47.1 Å². The molecule has 1 unspecified atom stereocenters. The molecule has 0 saturated carbocycles. The van der Waals surface area contributed by atoms with E-state index in [1.807, 2.05) is 24.3 Å². The minimum atomic E-state index is -3.39. The Morgan fingerprint density at radius 3 is 2.14 bits per heavy atom. The van der Waals surface area contributed by atoms with Gasteiger partial charge in [0.2, 0.25) is 0 Å². The number of rotatable bonds is 5. The summed E-state index contributed by atoms with van der Waals surface area (Å²) in [6.07, 6.45) is 0.951. The van der Waals surface area contributed by atoms with E-state index < -0.39 is 15.9 Å². The first-order chi connectivity index (χ1) is 9.92. The average Bonchev–Trinajstić information content (AvgIpc) is 2.47. The molecule has 2 aromatic rings. The third-order valence-corrected chi connectivity index (χ3v) is 5.70. The van der Waals surface area contributed by atoms with Crippen LogP contribution in [0.5, 0.6) is 0 Å². The largest absolute Gasteiger partial charge is 0.323 e. The van der Waals surface area contributed by atoms with Crippen LogP contribution in [0.4, 0.5) is 0 Å². The minimum absolute atomic E-state index is 0.0971. The summed E-state index contributed by atoms with van der Waals surface area (Å²) in [4.78, 5) is 0.298. The number of hydrogen-bond donors (Lipinski definition) is 1. The smallest absolute Gasteiger partial charge is 0.180 e. The highest BCUT2D eigenvalue weighted by molar-refractivity contribution is 9.10. The minimum Gasteiger partial charge on any atom is -0.323 e. The van der Waals surface area contributed by atoms with Gasteiger partial charge >= 0.3 is 0 Å². The fraction of sp³-hybridized carbons (Fsp3) is 0.250. The molecule has 21 heavy (non-hydrogen) atoms. The van der Waals surface area contributed by atoms with E-state index in [9.17, 15) is 8.42 Å². The number of nitrogens with two attached hydrogens (primary N) is 1. The number of aryl methyl sites for hydroxylation is 1. The van der Waals surface area contributed by atoms with Crippen LogP contribution in [0.3, 0.4) is 0 Å². The SMILES string of the molecule is CCc1ccc(C(N)CS(=O)(=O)c2ccc(Br)cc2)cc1. The second-order valence-corrected chi connectivity index (χ2v) is 7.89. The highest BCUT2D eigenvalue weighted by Gasteiger charge is 2.19. The molecule has 0 heterocycles. The maximum atomic E-state index is 12.4. The van der Waals surface area contributed by atoms with E-state index >= 15 is 0 Å². The van der Waals surface area contributed by atoms with E-state index in [1.165, 1.54) is 5.56 Å². The molecule has 0 aliphatic heterocycles. The second-order valence-electron chi connectivity index (χ2n) is 4.94. The maximum Gasteiger partial charge on any atom is 0.180 e. The van der Waals surface area contributed by atoms with Crippen molar-refractivity contribution in [3.63, 3.8) is 0 Å². The van der Waals surface area contributed by atoms with Crippen molar-refractivity contribution in [1.29, 1.82) is 0 Å². The van der Waals surface area contributed by atoms with E-state index in [0.29, 0.717) is 4.90 Å². The molecule has 0 spiro atoms. The first kappa shape index (κ1) is 16.2. The van der Waals surface area contributed by atoms with Gasteiger partial charge in [0.25, 0.3) is 0 Å². The summed E-state index contributed by atoms with van der Waals surface area (Å²) in [6.45, 7) is 2.08. The molecular formula is C16H18BrNO2S. The van der Waals surface area contributed by atoms with Crippen molar-refractivity contribution < 1.29 is 8.42 Å². The summed E-state index contributed by atoms with van der Waals surface area (Å²) in [5.74, 6) is -0.0971. The van der Waals surface area contributed by atoms with E-state index in [2.05, 4.69) is 22.9 Å². The maximum absolute atomic E-state index is 12.4. The molecule has 3 nitrogen and oxygen atoms in total. The molecule has 2 aromatic carbocycles. The van der Waals surface area contributed by atoms with Gasteiger partial charge in [0, 0.05) is 10.5 Å². The molecule has 0 saturated heterocycles. The molecule has 0 aliphatic rings. The Balaban J connectivity index is 2.17. The Bertz CT molecular complexity index is 694. The zero-order valence-electron chi connectivity index (χ0n) is 11.8. The zero-order valence-corrected chi connectivity index (χ0v) is 14.2. The van der Waals surface area contributed by atoms with Crippen LogP contribution >= 0.6 is 15.9 Å². The quantitative estimate of drug-likeness (QED) is 0.879. The van der Waals surface area contributed by atoms with Crippen LogP contribution in [-0.4, -0.2) is 14.2 Å². The van der Waals surface area contributed by atoms with E-state index in [0.717, 1.165) is 16.5 Å². The predicted molar refractivity (Wildman–Crippen MR) is 88.9 cm³/mol. The van der Waals surface area contributed by atoms with Crippen LogP contribution in [0.25, 0.3) is 0 Å². The third kappa shape index (κ3) is 4.15. The molecule has 0 aliphatic carbocycles. The predicted octanol–water partition coefficient (Wildman–Crippen LogP) is 3.49. The van der Waals surface area contributed by atoms with Crippen molar-refractivity contribution in [1.82, 2.24) is 0 Å². The Morgan fingerprint density at radius 1 is 1.05 bits per heavy atom. The number of benzene rings is 2. The third-order valence-electron chi connectivity index (χ3n) is 3.39. The fourth-order valence-corrected chi connectivity index (χ4v) is 3.74. The van der Waals surface area contributed by atoms with Crippen molar-refractivity contribution in [2.75, 3.05) is 5.75 Å². The van der Waals surface area contributed by atoms with Gasteiger partial charge in [-0.05, 0) is 41.8 Å². The lowest BCUT2D eigenvalue weighted by Crippen LogP contribution is -2.21. The Hall–Kier alpha value is -1.17. The summed E-state index contributed by atoms with van der Waals surface area (Å²) in [5.41, 5.74) is 8.10. The van der Waals surface area contributed by atoms with Crippen LogP contribution in [0.15, 0.2) is 57.9 Å². The highest BCUT2D eigenvalue weighted by atomic mass is 79.9. The summed E-state index contributed by atoms with van der Waals surface area (Å²) >= 11 is 3.29. The number of halogens is 1. The van der Waals surface area contributed by atoms with Crippen molar-refractivity contribution in [2.45, 2.75) is 24.3 Å².